The van der Waals surface area contributed by atoms with Crippen molar-refractivity contribution >= 4 is 46.5 Å². The largest absolute Gasteiger partial charge is 0.380 e. The Bertz CT molecular complexity index is 1610. The summed E-state index contributed by atoms with van der Waals surface area (Å²) in [4.78, 5) is 48.5. The van der Waals surface area contributed by atoms with E-state index in [9.17, 15) is 14.4 Å². The Kier molecular flexibility index (Phi) is 10.7. The van der Waals surface area contributed by atoms with E-state index in [1.165, 1.54) is 0 Å². The van der Waals surface area contributed by atoms with Crippen molar-refractivity contribution in [2.45, 2.75) is 57.5 Å². The number of anilines is 5. The third-order valence-corrected chi connectivity index (χ3v) is 8.66. The number of rotatable bonds is 14. The zero-order valence-corrected chi connectivity index (χ0v) is 27.3. The number of likely N-dealkylation sites (N-methyl/N-ethyl adjacent to an activating group) is 1. The average Bonchev–Trinajstić information content (AvgIpc) is 3.69. The van der Waals surface area contributed by atoms with E-state index in [2.05, 4.69) is 36.6 Å². The van der Waals surface area contributed by atoms with Gasteiger partial charge in [-0.3, -0.25) is 14.4 Å². The lowest BCUT2D eigenvalue weighted by Crippen LogP contribution is -2.40. The van der Waals surface area contributed by atoms with Crippen LogP contribution in [0.15, 0.2) is 66.9 Å². The minimum absolute atomic E-state index is 0.0282. The van der Waals surface area contributed by atoms with Gasteiger partial charge >= 0.3 is 0 Å². The maximum atomic E-state index is 13.6. The first-order valence-corrected chi connectivity index (χ1v) is 16.2. The summed E-state index contributed by atoms with van der Waals surface area (Å²) in [6.45, 7) is 3.39. The number of carbonyl (C=O) groups is 3. The average molecular weight is 640 g/mol. The maximum Gasteiger partial charge on any atom is 0.256 e. The smallest absolute Gasteiger partial charge is 0.256 e. The minimum Gasteiger partial charge on any atom is -0.380 e. The number of para-hydroxylation sites is 2. The molecule has 0 aliphatic heterocycles. The molecule has 47 heavy (non-hydrogen) atoms. The Morgan fingerprint density at radius 3 is 2.55 bits per heavy atom. The molecule has 1 spiro atoms. The highest BCUT2D eigenvalue weighted by atomic mass is 16.2. The number of nitrogens with one attached hydrogen (secondary N) is 5. The molecular weight excluding hydrogens is 594 g/mol. The fraction of sp³-hybridized carbons (Fsp3) is 0.400. The number of amides is 3. The molecule has 2 aliphatic carbocycles. The Labute approximate surface area is 276 Å². The molecule has 7 N–H and O–H groups in total. The van der Waals surface area contributed by atoms with Crippen LogP contribution in [0.1, 0.15) is 66.2 Å². The highest BCUT2D eigenvalue weighted by Gasteiger charge is 2.56. The molecule has 0 radical (unpaired) electrons. The van der Waals surface area contributed by atoms with Crippen molar-refractivity contribution in [3.63, 3.8) is 0 Å². The number of hydrogen-bond acceptors (Lipinski definition) is 9. The lowest BCUT2D eigenvalue weighted by atomic mass is 9.82. The highest BCUT2D eigenvalue weighted by Crippen LogP contribution is 2.57. The first-order chi connectivity index (χ1) is 22.7. The molecule has 0 bridgehead atoms. The van der Waals surface area contributed by atoms with Crippen LogP contribution in [0.4, 0.5) is 28.8 Å². The van der Waals surface area contributed by atoms with Crippen molar-refractivity contribution in [1.82, 2.24) is 20.2 Å². The summed E-state index contributed by atoms with van der Waals surface area (Å²) in [5.74, 6) is -0.0734. The summed E-state index contributed by atoms with van der Waals surface area (Å²) in [6, 6.07) is 14.8. The number of carbonyl (C=O) groups excluding carboxylic acids is 3. The summed E-state index contributed by atoms with van der Waals surface area (Å²) >= 11 is 0. The van der Waals surface area contributed by atoms with E-state index >= 15 is 0 Å². The Balaban J connectivity index is 1.21. The van der Waals surface area contributed by atoms with E-state index in [1.807, 2.05) is 56.3 Å². The van der Waals surface area contributed by atoms with Gasteiger partial charge in [-0.05, 0) is 88.0 Å². The van der Waals surface area contributed by atoms with Crippen molar-refractivity contribution in [3.05, 3.63) is 78.0 Å². The van der Waals surface area contributed by atoms with Gasteiger partial charge in [0.15, 0.2) is 0 Å². The Morgan fingerprint density at radius 1 is 1.06 bits per heavy atom. The van der Waals surface area contributed by atoms with Crippen LogP contribution in [0.2, 0.25) is 0 Å². The van der Waals surface area contributed by atoms with E-state index in [0.29, 0.717) is 41.7 Å². The summed E-state index contributed by atoms with van der Waals surface area (Å²) < 4.78 is 0. The molecule has 3 amide bonds. The van der Waals surface area contributed by atoms with Crippen molar-refractivity contribution in [3.8, 4) is 0 Å². The van der Waals surface area contributed by atoms with Crippen molar-refractivity contribution in [1.29, 1.82) is 0 Å². The van der Waals surface area contributed by atoms with Crippen LogP contribution in [-0.4, -0.2) is 71.9 Å². The predicted molar refractivity (Wildman–Crippen MR) is 186 cm³/mol. The molecule has 2 fully saturated rings. The maximum absolute atomic E-state index is 13.6. The number of hydrogen-bond donors (Lipinski definition) is 6. The zero-order valence-electron chi connectivity index (χ0n) is 27.3. The third kappa shape index (κ3) is 8.85. The molecular formula is C35H45N9O3. The van der Waals surface area contributed by atoms with Crippen LogP contribution >= 0.6 is 0 Å². The number of primary amides is 1. The monoisotopic (exact) mass is 639 g/mol. The van der Waals surface area contributed by atoms with Gasteiger partial charge in [-0.1, -0.05) is 31.6 Å². The molecule has 0 saturated heterocycles. The van der Waals surface area contributed by atoms with Crippen LogP contribution in [0.5, 0.6) is 0 Å². The predicted octanol–water partition coefficient (Wildman–Crippen LogP) is 4.74. The molecule has 2 aromatic carbocycles. The second-order valence-corrected chi connectivity index (χ2v) is 12.7. The molecule has 248 valence electrons. The van der Waals surface area contributed by atoms with Crippen LogP contribution < -0.4 is 32.3 Å². The topological polar surface area (TPSA) is 166 Å². The van der Waals surface area contributed by atoms with Crippen molar-refractivity contribution in [2.75, 3.05) is 48.5 Å². The van der Waals surface area contributed by atoms with E-state index < -0.39 is 5.91 Å². The lowest BCUT2D eigenvalue weighted by Gasteiger charge is -2.31. The Hall–Kier alpha value is -4.97. The van der Waals surface area contributed by atoms with Gasteiger partial charge in [-0.15, -0.1) is 0 Å². The number of aromatic nitrogens is 2. The van der Waals surface area contributed by atoms with Crippen LogP contribution in [0.25, 0.3) is 0 Å². The van der Waals surface area contributed by atoms with E-state index in [4.69, 9.17) is 5.73 Å². The number of nitrogens with two attached hydrogens (primary N) is 1. The second-order valence-electron chi connectivity index (χ2n) is 12.7. The summed E-state index contributed by atoms with van der Waals surface area (Å²) in [5.41, 5.74) is 8.57. The summed E-state index contributed by atoms with van der Waals surface area (Å²) in [5, 5.41) is 16.3. The molecule has 2 aliphatic rings. The Morgan fingerprint density at radius 2 is 1.83 bits per heavy atom. The SMILES string of the molecule is CCCNc1nc(Nc2ccc(C(N)=O)cc2)ncc1C(=O)NC1CCCC2(C1)CC2Nc1ccccc1NC(=O)/C=C/CN(C)C. The normalized spacial score (nSPS) is 20.2. The van der Waals surface area contributed by atoms with Crippen molar-refractivity contribution < 1.29 is 14.4 Å². The van der Waals surface area contributed by atoms with Gasteiger partial charge in [-0.2, -0.15) is 4.98 Å². The van der Waals surface area contributed by atoms with Crippen LogP contribution in [0, 0.1) is 5.41 Å². The van der Waals surface area contributed by atoms with Crippen LogP contribution in [0.3, 0.4) is 0 Å². The van der Waals surface area contributed by atoms with Gasteiger partial charge in [0.1, 0.15) is 11.4 Å². The zero-order chi connectivity index (χ0) is 33.4. The number of nitrogens with zero attached hydrogens (tertiary/aromatic N) is 3. The second kappa shape index (κ2) is 15.1. The minimum atomic E-state index is -0.498. The summed E-state index contributed by atoms with van der Waals surface area (Å²) in [7, 11) is 3.91. The molecule has 3 unspecified atom stereocenters. The molecule has 12 heteroatoms. The van der Waals surface area contributed by atoms with E-state index in [-0.39, 0.29) is 29.3 Å². The van der Waals surface area contributed by atoms with E-state index in [1.54, 1.807) is 36.5 Å². The van der Waals surface area contributed by atoms with Gasteiger partial charge in [0.2, 0.25) is 17.8 Å². The van der Waals surface area contributed by atoms with Gasteiger partial charge < -0.3 is 37.2 Å². The van der Waals surface area contributed by atoms with Gasteiger partial charge in [0.25, 0.3) is 5.91 Å². The quantitative estimate of drug-likeness (QED) is 0.137. The molecule has 5 rings (SSSR count). The molecule has 1 aromatic heterocycles. The van der Waals surface area contributed by atoms with E-state index in [0.717, 1.165) is 49.9 Å². The van der Waals surface area contributed by atoms with Gasteiger partial charge in [-0.25, -0.2) is 4.98 Å². The third-order valence-electron chi connectivity index (χ3n) is 8.66. The van der Waals surface area contributed by atoms with Gasteiger partial charge in [0.05, 0.1) is 11.4 Å². The van der Waals surface area contributed by atoms with Crippen molar-refractivity contribution in [2.24, 2.45) is 11.1 Å². The van der Waals surface area contributed by atoms with Crippen LogP contribution in [-0.2, 0) is 4.79 Å². The summed E-state index contributed by atoms with van der Waals surface area (Å²) in [6.07, 6.45) is 10.7. The van der Waals surface area contributed by atoms with Gasteiger partial charge in [0, 0.05) is 48.7 Å². The fourth-order valence-electron chi connectivity index (χ4n) is 6.12. The molecule has 3 atom stereocenters. The first kappa shape index (κ1) is 33.4. The molecule has 3 aromatic rings. The highest BCUT2D eigenvalue weighted by molar-refractivity contribution is 6.01. The molecule has 1 heterocycles. The fourth-order valence-corrected chi connectivity index (χ4v) is 6.12. The lowest BCUT2D eigenvalue weighted by molar-refractivity contribution is -0.111. The molecule has 2 saturated carbocycles. The molecule has 12 nitrogen and oxygen atoms in total. The number of benzene rings is 2. The standard InChI is InChI=1S/C35H45N9O3/c1-4-18-37-32-26(22-38-34(43-32)40-24-15-13-23(14-16-24)31(36)46)33(47)39-25-9-7-17-35(20-25)21-29(35)41-27-10-5-6-11-28(27)42-30(45)12-8-19-44(2)3/h5-6,8,10-16,22,25,29,41H,4,7,9,17-21H2,1-3H3,(H2,36,46)(H,39,47)(H,42,45)(H2,37,38,40,43)/b12-8+. The first-order valence-electron chi connectivity index (χ1n) is 16.2.